The third-order valence-corrected chi connectivity index (χ3v) is 4.88. The molecule has 0 atom stereocenters. The molecule has 4 rings (SSSR count). The standard InChI is InChI=1S/C18H24N6O3/c1-17(2,25)14-7-13(23-27-14)8-18(11-26-12-18)24(9-15-19-3-4-20-15)10-16-21-5-6-22-16/h3-7,25H,8-12H2,1-2H3,(H,19,20)(H,21,22). The molecular formula is C18H24N6O3. The summed E-state index contributed by atoms with van der Waals surface area (Å²) < 4.78 is 10.9. The van der Waals surface area contributed by atoms with Crippen molar-refractivity contribution >= 4 is 0 Å². The van der Waals surface area contributed by atoms with E-state index in [2.05, 4.69) is 30.0 Å². The molecule has 27 heavy (non-hydrogen) atoms. The number of ether oxygens (including phenoxy) is 1. The largest absolute Gasteiger partial charge is 0.382 e. The highest BCUT2D eigenvalue weighted by Gasteiger charge is 2.45. The normalized spacial score (nSPS) is 16.6. The van der Waals surface area contributed by atoms with Gasteiger partial charge in [0, 0.05) is 37.3 Å². The average molecular weight is 372 g/mol. The molecule has 0 spiro atoms. The summed E-state index contributed by atoms with van der Waals surface area (Å²) in [5.41, 5.74) is -0.511. The number of hydrogen-bond donors (Lipinski definition) is 3. The van der Waals surface area contributed by atoms with Crippen molar-refractivity contribution in [3.05, 3.63) is 54.0 Å². The zero-order valence-corrected chi connectivity index (χ0v) is 15.5. The molecule has 0 bridgehead atoms. The number of hydrogen-bond acceptors (Lipinski definition) is 7. The Hall–Kier alpha value is -2.49. The van der Waals surface area contributed by atoms with Crippen LogP contribution in [0.2, 0.25) is 0 Å². The summed E-state index contributed by atoms with van der Waals surface area (Å²) in [5.74, 6) is 2.21. The Kier molecular flexibility index (Phi) is 4.58. The van der Waals surface area contributed by atoms with Crippen LogP contribution in [0.1, 0.15) is 37.0 Å². The second-order valence-electron chi connectivity index (χ2n) is 7.56. The quantitative estimate of drug-likeness (QED) is 0.547. The van der Waals surface area contributed by atoms with E-state index in [0.29, 0.717) is 38.5 Å². The van der Waals surface area contributed by atoms with Crippen LogP contribution in [0.25, 0.3) is 0 Å². The van der Waals surface area contributed by atoms with Gasteiger partial charge >= 0.3 is 0 Å². The molecule has 3 aromatic heterocycles. The zero-order valence-electron chi connectivity index (χ0n) is 15.5. The number of rotatable bonds is 8. The first kappa shape index (κ1) is 17.9. The van der Waals surface area contributed by atoms with E-state index in [1.807, 2.05) is 18.5 Å². The molecule has 9 nitrogen and oxygen atoms in total. The molecular weight excluding hydrogens is 348 g/mol. The van der Waals surface area contributed by atoms with Gasteiger partial charge < -0.3 is 24.3 Å². The van der Waals surface area contributed by atoms with E-state index in [9.17, 15) is 5.11 Å². The lowest BCUT2D eigenvalue weighted by molar-refractivity contribution is -0.149. The maximum absolute atomic E-state index is 10.1. The Morgan fingerprint density at radius 1 is 1.15 bits per heavy atom. The van der Waals surface area contributed by atoms with Gasteiger partial charge in [0.1, 0.15) is 17.2 Å². The van der Waals surface area contributed by atoms with Crippen molar-refractivity contribution in [2.75, 3.05) is 13.2 Å². The highest BCUT2D eigenvalue weighted by Crippen LogP contribution is 2.32. The Labute approximate surface area is 156 Å². The number of nitrogens with one attached hydrogen (secondary N) is 2. The highest BCUT2D eigenvalue weighted by atomic mass is 16.5. The van der Waals surface area contributed by atoms with Gasteiger partial charge in [-0.25, -0.2) is 9.97 Å². The lowest BCUT2D eigenvalue weighted by Gasteiger charge is -2.49. The lowest BCUT2D eigenvalue weighted by atomic mass is 9.88. The van der Waals surface area contributed by atoms with Crippen LogP contribution in [0.4, 0.5) is 0 Å². The number of aliphatic hydroxyl groups is 1. The van der Waals surface area contributed by atoms with Gasteiger partial charge in [-0.3, -0.25) is 4.90 Å². The molecule has 1 aliphatic heterocycles. The van der Waals surface area contributed by atoms with Gasteiger partial charge in [0.15, 0.2) is 5.76 Å². The summed E-state index contributed by atoms with van der Waals surface area (Å²) in [6.07, 6.45) is 7.78. The van der Waals surface area contributed by atoms with Crippen LogP contribution in [0.3, 0.4) is 0 Å². The van der Waals surface area contributed by atoms with E-state index in [-0.39, 0.29) is 5.54 Å². The molecule has 1 saturated heterocycles. The predicted octanol–water partition coefficient (Wildman–Crippen LogP) is 1.36. The van der Waals surface area contributed by atoms with Crippen molar-refractivity contribution in [1.29, 1.82) is 0 Å². The SMILES string of the molecule is CC(C)(O)c1cc(CC2(N(Cc3ncc[nH]3)Cc3ncc[nH]3)COC2)no1. The Balaban J connectivity index is 1.58. The molecule has 0 aliphatic carbocycles. The van der Waals surface area contributed by atoms with Gasteiger partial charge in [-0.05, 0) is 13.8 Å². The maximum Gasteiger partial charge on any atom is 0.167 e. The van der Waals surface area contributed by atoms with Gasteiger partial charge in [0.2, 0.25) is 0 Å². The Bertz CT molecular complexity index is 810. The van der Waals surface area contributed by atoms with Gasteiger partial charge in [-0.1, -0.05) is 5.16 Å². The van der Waals surface area contributed by atoms with Crippen molar-refractivity contribution in [1.82, 2.24) is 30.0 Å². The second-order valence-corrected chi connectivity index (χ2v) is 7.56. The lowest BCUT2D eigenvalue weighted by Crippen LogP contribution is -2.63. The second kappa shape index (κ2) is 6.91. The molecule has 0 radical (unpaired) electrons. The molecule has 0 aromatic carbocycles. The van der Waals surface area contributed by atoms with E-state index in [1.54, 1.807) is 26.2 Å². The molecule has 3 N–H and O–H groups in total. The van der Waals surface area contributed by atoms with Crippen molar-refractivity contribution in [2.24, 2.45) is 0 Å². The molecule has 1 aliphatic rings. The van der Waals surface area contributed by atoms with Crippen LogP contribution >= 0.6 is 0 Å². The predicted molar refractivity (Wildman–Crippen MR) is 95.4 cm³/mol. The summed E-state index contributed by atoms with van der Waals surface area (Å²) in [7, 11) is 0. The third-order valence-electron chi connectivity index (χ3n) is 4.88. The van der Waals surface area contributed by atoms with E-state index < -0.39 is 5.60 Å². The first-order valence-electron chi connectivity index (χ1n) is 8.92. The molecule has 0 amide bonds. The Morgan fingerprint density at radius 3 is 2.19 bits per heavy atom. The first-order valence-corrected chi connectivity index (χ1v) is 8.92. The number of H-pyrrole nitrogens is 2. The fourth-order valence-electron chi connectivity index (χ4n) is 3.28. The molecule has 0 unspecified atom stereocenters. The summed E-state index contributed by atoms with van der Waals surface area (Å²) in [6, 6.07) is 1.82. The van der Waals surface area contributed by atoms with Crippen LogP contribution < -0.4 is 0 Å². The van der Waals surface area contributed by atoms with Gasteiger partial charge in [-0.15, -0.1) is 0 Å². The first-order chi connectivity index (χ1) is 12.9. The third kappa shape index (κ3) is 3.80. The van der Waals surface area contributed by atoms with E-state index in [4.69, 9.17) is 9.26 Å². The van der Waals surface area contributed by atoms with Crippen LogP contribution in [-0.4, -0.2) is 53.9 Å². The highest BCUT2D eigenvalue weighted by molar-refractivity contribution is 5.16. The van der Waals surface area contributed by atoms with Gasteiger partial charge in [0.05, 0.1) is 37.5 Å². The van der Waals surface area contributed by atoms with E-state index >= 15 is 0 Å². The number of nitrogens with zero attached hydrogens (tertiary/aromatic N) is 4. The Morgan fingerprint density at radius 2 is 1.78 bits per heavy atom. The minimum Gasteiger partial charge on any atom is -0.382 e. The van der Waals surface area contributed by atoms with Crippen molar-refractivity contribution in [3.8, 4) is 0 Å². The van der Waals surface area contributed by atoms with Gasteiger partial charge in [0.25, 0.3) is 0 Å². The molecule has 9 heteroatoms. The van der Waals surface area contributed by atoms with E-state index in [0.717, 1.165) is 17.3 Å². The number of aromatic amines is 2. The minimum absolute atomic E-state index is 0.243. The van der Waals surface area contributed by atoms with Crippen molar-refractivity contribution < 1.29 is 14.4 Å². The van der Waals surface area contributed by atoms with Crippen LogP contribution in [-0.2, 0) is 29.8 Å². The number of imidazole rings is 2. The molecule has 1 fully saturated rings. The zero-order chi connectivity index (χ0) is 18.9. The fraction of sp³-hybridized carbons (Fsp3) is 0.500. The fourth-order valence-corrected chi connectivity index (χ4v) is 3.28. The summed E-state index contributed by atoms with van der Waals surface area (Å²) >= 11 is 0. The van der Waals surface area contributed by atoms with Crippen molar-refractivity contribution in [3.63, 3.8) is 0 Å². The molecule has 0 saturated carbocycles. The maximum atomic E-state index is 10.1. The molecule has 4 heterocycles. The molecule has 3 aromatic rings. The summed E-state index contributed by atoms with van der Waals surface area (Å²) in [6.45, 7) is 5.79. The summed E-state index contributed by atoms with van der Waals surface area (Å²) in [4.78, 5) is 17.4. The van der Waals surface area contributed by atoms with Gasteiger partial charge in [-0.2, -0.15) is 0 Å². The topological polar surface area (TPSA) is 116 Å². The average Bonchev–Trinajstić information content (AvgIpc) is 3.32. The van der Waals surface area contributed by atoms with Crippen LogP contribution in [0.5, 0.6) is 0 Å². The smallest absolute Gasteiger partial charge is 0.167 e. The van der Waals surface area contributed by atoms with Crippen molar-refractivity contribution in [2.45, 2.75) is 44.5 Å². The van der Waals surface area contributed by atoms with Crippen LogP contribution in [0, 0.1) is 0 Å². The van der Waals surface area contributed by atoms with Crippen LogP contribution in [0.15, 0.2) is 35.4 Å². The minimum atomic E-state index is -1.06. The van der Waals surface area contributed by atoms with E-state index in [1.165, 1.54) is 0 Å². The molecule has 144 valence electrons. The monoisotopic (exact) mass is 372 g/mol. The number of aromatic nitrogens is 5. The summed E-state index contributed by atoms with van der Waals surface area (Å²) in [5, 5.41) is 14.3.